The van der Waals surface area contributed by atoms with Crippen LogP contribution >= 0.6 is 0 Å². The second kappa shape index (κ2) is 10.3. The molecular weight excluding hydrogens is 356 g/mol. The van der Waals surface area contributed by atoms with Gasteiger partial charge in [-0.15, -0.1) is 0 Å². The third-order valence-electron chi connectivity index (χ3n) is 4.06. The van der Waals surface area contributed by atoms with Gasteiger partial charge in [-0.3, -0.25) is 4.79 Å². The van der Waals surface area contributed by atoms with Crippen LogP contribution in [-0.4, -0.2) is 32.4 Å². The Morgan fingerprint density at radius 1 is 1.11 bits per heavy atom. The zero-order chi connectivity index (χ0) is 20.5. The first kappa shape index (κ1) is 21.3. The molecule has 150 valence electrons. The number of carbonyl (C=O) groups is 1. The van der Waals surface area contributed by atoms with Crippen LogP contribution in [0.1, 0.15) is 35.6 Å². The SMILES string of the molecule is CCCOc1ccc(/C=N\OCC(=O)Nc2c(C)cc(C)cc2C)cc1OC. The van der Waals surface area contributed by atoms with Gasteiger partial charge in [0.05, 0.1) is 19.9 Å². The Balaban J connectivity index is 1.90. The van der Waals surface area contributed by atoms with Crippen molar-refractivity contribution in [1.29, 1.82) is 0 Å². The van der Waals surface area contributed by atoms with Gasteiger partial charge in [-0.2, -0.15) is 0 Å². The van der Waals surface area contributed by atoms with E-state index in [1.807, 2.05) is 52.0 Å². The van der Waals surface area contributed by atoms with E-state index < -0.39 is 0 Å². The van der Waals surface area contributed by atoms with E-state index in [1.54, 1.807) is 13.2 Å². The van der Waals surface area contributed by atoms with E-state index in [9.17, 15) is 4.79 Å². The summed E-state index contributed by atoms with van der Waals surface area (Å²) in [5, 5.41) is 6.74. The van der Waals surface area contributed by atoms with Crippen molar-refractivity contribution in [3.63, 3.8) is 0 Å². The predicted octanol–water partition coefficient (Wildman–Crippen LogP) is 4.40. The number of anilines is 1. The van der Waals surface area contributed by atoms with Gasteiger partial charge in [0.1, 0.15) is 0 Å². The quantitative estimate of drug-likeness (QED) is 0.514. The van der Waals surface area contributed by atoms with Crippen molar-refractivity contribution >= 4 is 17.8 Å². The summed E-state index contributed by atoms with van der Waals surface area (Å²) in [5.41, 5.74) is 4.80. The fourth-order valence-corrected chi connectivity index (χ4v) is 2.84. The van der Waals surface area contributed by atoms with Crippen LogP contribution in [0.3, 0.4) is 0 Å². The van der Waals surface area contributed by atoms with E-state index in [4.69, 9.17) is 14.3 Å². The molecule has 0 aromatic heterocycles. The summed E-state index contributed by atoms with van der Waals surface area (Å²) in [6.45, 7) is 8.47. The lowest BCUT2D eigenvalue weighted by Gasteiger charge is -2.12. The number of nitrogens with zero attached hydrogens (tertiary/aromatic N) is 1. The maximum absolute atomic E-state index is 12.1. The van der Waals surface area contributed by atoms with E-state index in [0.717, 1.165) is 34.4 Å². The molecule has 0 spiro atoms. The third-order valence-corrected chi connectivity index (χ3v) is 4.06. The lowest BCUT2D eigenvalue weighted by Crippen LogP contribution is -2.18. The van der Waals surface area contributed by atoms with Crippen LogP contribution in [0.15, 0.2) is 35.5 Å². The Labute approximate surface area is 166 Å². The van der Waals surface area contributed by atoms with E-state index in [1.165, 1.54) is 6.21 Å². The van der Waals surface area contributed by atoms with Crippen LogP contribution in [0.2, 0.25) is 0 Å². The number of methoxy groups -OCH3 is 1. The van der Waals surface area contributed by atoms with E-state index in [0.29, 0.717) is 18.1 Å². The highest BCUT2D eigenvalue weighted by Gasteiger charge is 2.09. The molecule has 0 heterocycles. The van der Waals surface area contributed by atoms with E-state index >= 15 is 0 Å². The summed E-state index contributed by atoms with van der Waals surface area (Å²) in [5.74, 6) is 1.05. The molecule has 0 saturated carbocycles. The van der Waals surface area contributed by atoms with Gasteiger partial charge in [0.2, 0.25) is 0 Å². The Morgan fingerprint density at radius 3 is 2.46 bits per heavy atom. The van der Waals surface area contributed by atoms with Crippen LogP contribution in [-0.2, 0) is 9.63 Å². The minimum absolute atomic E-state index is 0.169. The number of aryl methyl sites for hydroxylation is 3. The fraction of sp³-hybridized carbons (Fsp3) is 0.364. The maximum Gasteiger partial charge on any atom is 0.265 e. The normalized spacial score (nSPS) is 10.8. The first-order valence-corrected chi connectivity index (χ1v) is 9.28. The van der Waals surface area contributed by atoms with Gasteiger partial charge >= 0.3 is 0 Å². The number of hydrogen-bond acceptors (Lipinski definition) is 5. The molecule has 0 aliphatic heterocycles. The molecule has 1 amide bonds. The van der Waals surface area contributed by atoms with Gasteiger partial charge in [-0.1, -0.05) is 29.8 Å². The topological polar surface area (TPSA) is 69.2 Å². The Hall–Kier alpha value is -3.02. The van der Waals surface area contributed by atoms with Gasteiger partial charge in [-0.05, 0) is 56.5 Å². The Morgan fingerprint density at radius 2 is 1.82 bits per heavy atom. The summed E-state index contributed by atoms with van der Waals surface area (Å²) >= 11 is 0. The maximum atomic E-state index is 12.1. The van der Waals surface area contributed by atoms with Crippen molar-refractivity contribution in [1.82, 2.24) is 0 Å². The molecule has 0 saturated heterocycles. The lowest BCUT2D eigenvalue weighted by atomic mass is 10.1. The molecule has 0 radical (unpaired) electrons. The fourth-order valence-electron chi connectivity index (χ4n) is 2.84. The predicted molar refractivity (Wildman–Crippen MR) is 112 cm³/mol. The molecule has 6 heteroatoms. The molecule has 0 aliphatic carbocycles. The van der Waals surface area contributed by atoms with Crippen molar-refractivity contribution < 1.29 is 19.1 Å². The first-order valence-electron chi connectivity index (χ1n) is 9.28. The largest absolute Gasteiger partial charge is 0.493 e. The second-order valence-electron chi connectivity index (χ2n) is 6.59. The third kappa shape index (κ3) is 6.01. The van der Waals surface area contributed by atoms with Crippen LogP contribution in [0, 0.1) is 20.8 Å². The lowest BCUT2D eigenvalue weighted by molar-refractivity contribution is -0.120. The molecule has 0 unspecified atom stereocenters. The second-order valence-corrected chi connectivity index (χ2v) is 6.59. The highest BCUT2D eigenvalue weighted by molar-refractivity contribution is 5.93. The summed E-state index contributed by atoms with van der Waals surface area (Å²) < 4.78 is 11.0. The Bertz CT molecular complexity index is 823. The molecule has 2 aromatic rings. The number of amides is 1. The van der Waals surface area contributed by atoms with Gasteiger partial charge in [0.15, 0.2) is 18.1 Å². The average Bonchev–Trinajstić information content (AvgIpc) is 2.66. The minimum atomic E-state index is -0.256. The monoisotopic (exact) mass is 384 g/mol. The Kier molecular flexibility index (Phi) is 7.87. The molecule has 28 heavy (non-hydrogen) atoms. The van der Waals surface area contributed by atoms with Crippen LogP contribution in [0.4, 0.5) is 5.69 Å². The van der Waals surface area contributed by atoms with Crippen molar-refractivity contribution in [2.45, 2.75) is 34.1 Å². The summed E-state index contributed by atoms with van der Waals surface area (Å²) in [6.07, 6.45) is 2.45. The number of carbonyl (C=O) groups excluding carboxylic acids is 1. The zero-order valence-electron chi connectivity index (χ0n) is 17.2. The molecule has 2 rings (SSSR count). The molecule has 0 fully saturated rings. The molecule has 0 aliphatic rings. The summed E-state index contributed by atoms with van der Waals surface area (Å²) in [4.78, 5) is 17.2. The number of rotatable bonds is 9. The highest BCUT2D eigenvalue weighted by Crippen LogP contribution is 2.27. The van der Waals surface area contributed by atoms with Crippen LogP contribution in [0.5, 0.6) is 11.5 Å². The van der Waals surface area contributed by atoms with Gasteiger partial charge in [-0.25, -0.2) is 0 Å². The van der Waals surface area contributed by atoms with E-state index in [2.05, 4.69) is 10.5 Å². The number of oxime groups is 1. The van der Waals surface area contributed by atoms with Crippen molar-refractivity contribution in [3.05, 3.63) is 52.6 Å². The minimum Gasteiger partial charge on any atom is -0.493 e. The van der Waals surface area contributed by atoms with Crippen molar-refractivity contribution in [2.24, 2.45) is 5.16 Å². The van der Waals surface area contributed by atoms with Crippen LogP contribution in [0.25, 0.3) is 0 Å². The first-order chi connectivity index (χ1) is 13.4. The number of hydrogen-bond donors (Lipinski definition) is 1. The van der Waals surface area contributed by atoms with Crippen molar-refractivity contribution in [3.8, 4) is 11.5 Å². The van der Waals surface area contributed by atoms with Gasteiger partial charge in [0, 0.05) is 11.3 Å². The smallest absolute Gasteiger partial charge is 0.265 e. The average molecular weight is 384 g/mol. The molecule has 0 bridgehead atoms. The number of ether oxygens (including phenoxy) is 2. The standard InChI is InChI=1S/C22H28N2O4/c1-6-9-27-19-8-7-18(12-20(19)26-5)13-23-28-14-21(25)24-22-16(3)10-15(2)11-17(22)4/h7-8,10-13H,6,9,14H2,1-5H3,(H,24,25)/b23-13-. The summed E-state index contributed by atoms with van der Waals surface area (Å²) in [7, 11) is 1.59. The summed E-state index contributed by atoms with van der Waals surface area (Å²) in [6, 6.07) is 9.54. The zero-order valence-corrected chi connectivity index (χ0v) is 17.2. The molecule has 0 atom stereocenters. The van der Waals surface area contributed by atoms with Crippen LogP contribution < -0.4 is 14.8 Å². The van der Waals surface area contributed by atoms with Gasteiger partial charge in [0.25, 0.3) is 5.91 Å². The molecule has 2 aromatic carbocycles. The molecule has 1 N–H and O–H groups in total. The molecule has 6 nitrogen and oxygen atoms in total. The van der Waals surface area contributed by atoms with Crippen molar-refractivity contribution in [2.75, 3.05) is 25.6 Å². The van der Waals surface area contributed by atoms with E-state index in [-0.39, 0.29) is 12.5 Å². The molecular formula is C22H28N2O4. The number of benzene rings is 2. The number of nitrogens with one attached hydrogen (secondary N) is 1. The van der Waals surface area contributed by atoms with Gasteiger partial charge < -0.3 is 19.6 Å². The highest BCUT2D eigenvalue weighted by atomic mass is 16.6.